The summed E-state index contributed by atoms with van der Waals surface area (Å²) >= 11 is 0. The first-order valence-corrected chi connectivity index (χ1v) is 5.22. The number of benzene rings is 1. The van der Waals surface area contributed by atoms with Crippen molar-refractivity contribution in [1.82, 2.24) is 0 Å². The molecular weight excluding hydrogens is 172 g/mol. The highest BCUT2D eigenvalue weighted by Crippen LogP contribution is 2.28. The molecule has 1 aromatic rings. The van der Waals surface area contributed by atoms with Crippen molar-refractivity contribution in [3.8, 4) is 5.75 Å². The summed E-state index contributed by atoms with van der Waals surface area (Å²) in [7, 11) is 1.73. The average molecular weight is 188 g/mol. The number of ether oxygens (including phenoxy) is 1. The largest absolute Gasteiger partial charge is 0.496 e. The Bertz CT molecular complexity index is 331. The average Bonchev–Trinajstić information content (AvgIpc) is 2.71. The number of rotatable bonds is 2. The minimum absolute atomic E-state index is 0.979. The van der Waals surface area contributed by atoms with Crippen LogP contribution in [0.4, 0.5) is 0 Å². The van der Waals surface area contributed by atoms with Gasteiger partial charge in [0.15, 0.2) is 0 Å². The fourth-order valence-corrected chi connectivity index (χ4v) is 1.98. The van der Waals surface area contributed by atoms with Crippen molar-refractivity contribution in [2.75, 3.05) is 7.11 Å². The molecule has 0 saturated heterocycles. The van der Waals surface area contributed by atoms with Crippen LogP contribution < -0.4 is 4.74 Å². The molecule has 1 aliphatic carbocycles. The summed E-state index contributed by atoms with van der Waals surface area (Å²) in [6, 6.07) is 8.20. The molecule has 0 unspecified atom stereocenters. The van der Waals surface area contributed by atoms with E-state index in [0.29, 0.717) is 0 Å². The van der Waals surface area contributed by atoms with Crippen LogP contribution in [0.3, 0.4) is 0 Å². The number of hydrogen-bond acceptors (Lipinski definition) is 1. The third-order valence-electron chi connectivity index (χ3n) is 2.74. The molecule has 0 aromatic heterocycles. The molecule has 2 rings (SSSR count). The van der Waals surface area contributed by atoms with E-state index in [1.54, 1.807) is 12.7 Å². The molecule has 1 aliphatic rings. The first-order chi connectivity index (χ1) is 6.90. The van der Waals surface area contributed by atoms with Crippen LogP contribution in [0.2, 0.25) is 0 Å². The number of hydrogen-bond donors (Lipinski definition) is 0. The van der Waals surface area contributed by atoms with E-state index >= 15 is 0 Å². The van der Waals surface area contributed by atoms with E-state index in [2.05, 4.69) is 18.2 Å². The van der Waals surface area contributed by atoms with Crippen LogP contribution in [0.25, 0.3) is 6.08 Å². The van der Waals surface area contributed by atoms with Gasteiger partial charge in [-0.1, -0.05) is 29.8 Å². The standard InChI is InChI=1S/C13H16O/c1-14-13-9-5-4-8-12(13)10-11-6-2-3-7-11/h4-5,8-10H,2-3,6-7H2,1H3. The van der Waals surface area contributed by atoms with Crippen LogP contribution in [-0.2, 0) is 0 Å². The number of allylic oxidation sites excluding steroid dienone is 1. The molecule has 14 heavy (non-hydrogen) atoms. The summed E-state index contributed by atoms with van der Waals surface area (Å²) in [4.78, 5) is 0. The Kier molecular flexibility index (Phi) is 2.87. The maximum Gasteiger partial charge on any atom is 0.126 e. The Morgan fingerprint density at radius 2 is 1.86 bits per heavy atom. The molecule has 0 spiro atoms. The van der Waals surface area contributed by atoms with Crippen LogP contribution in [0, 0.1) is 0 Å². The monoisotopic (exact) mass is 188 g/mol. The van der Waals surface area contributed by atoms with Gasteiger partial charge < -0.3 is 4.74 Å². The molecule has 1 heteroatoms. The Labute approximate surface area is 85.4 Å². The second kappa shape index (κ2) is 4.32. The van der Waals surface area contributed by atoms with Crippen LogP contribution in [0.5, 0.6) is 5.75 Å². The molecule has 0 atom stereocenters. The van der Waals surface area contributed by atoms with Crippen LogP contribution in [0.15, 0.2) is 29.8 Å². The Balaban J connectivity index is 2.26. The zero-order valence-corrected chi connectivity index (χ0v) is 8.62. The van der Waals surface area contributed by atoms with Crippen molar-refractivity contribution in [2.24, 2.45) is 0 Å². The molecule has 0 N–H and O–H groups in total. The summed E-state index contributed by atoms with van der Waals surface area (Å²) in [5, 5.41) is 0. The van der Waals surface area contributed by atoms with E-state index in [-0.39, 0.29) is 0 Å². The fraction of sp³-hybridized carbons (Fsp3) is 0.385. The van der Waals surface area contributed by atoms with Gasteiger partial charge in [0.1, 0.15) is 5.75 Å². The predicted octanol–water partition coefficient (Wildman–Crippen LogP) is 3.65. The van der Waals surface area contributed by atoms with E-state index in [0.717, 1.165) is 5.75 Å². The Morgan fingerprint density at radius 1 is 1.14 bits per heavy atom. The first-order valence-electron chi connectivity index (χ1n) is 5.22. The van der Waals surface area contributed by atoms with Crippen LogP contribution in [0.1, 0.15) is 31.2 Å². The molecule has 0 radical (unpaired) electrons. The maximum absolute atomic E-state index is 5.31. The molecule has 0 amide bonds. The molecule has 74 valence electrons. The lowest BCUT2D eigenvalue weighted by molar-refractivity contribution is 0.414. The van der Waals surface area contributed by atoms with Crippen molar-refractivity contribution in [3.05, 3.63) is 35.4 Å². The normalized spacial score (nSPS) is 15.6. The summed E-state index contributed by atoms with van der Waals surface area (Å²) in [5.41, 5.74) is 2.78. The minimum atomic E-state index is 0.979. The van der Waals surface area contributed by atoms with Gasteiger partial charge in [0.25, 0.3) is 0 Å². The smallest absolute Gasteiger partial charge is 0.126 e. The summed E-state index contributed by atoms with van der Waals surface area (Å²) in [5.74, 6) is 0.979. The van der Waals surface area contributed by atoms with E-state index < -0.39 is 0 Å². The lowest BCUT2D eigenvalue weighted by Crippen LogP contribution is -1.86. The fourth-order valence-electron chi connectivity index (χ4n) is 1.98. The van der Waals surface area contributed by atoms with E-state index in [4.69, 9.17) is 4.74 Å². The Morgan fingerprint density at radius 3 is 2.57 bits per heavy atom. The molecule has 0 aliphatic heterocycles. The van der Waals surface area contributed by atoms with Crippen LogP contribution >= 0.6 is 0 Å². The van der Waals surface area contributed by atoms with Crippen molar-refractivity contribution >= 4 is 6.08 Å². The topological polar surface area (TPSA) is 9.23 Å². The van der Waals surface area contributed by atoms with Gasteiger partial charge in [0, 0.05) is 5.56 Å². The van der Waals surface area contributed by atoms with Crippen LogP contribution in [-0.4, -0.2) is 7.11 Å². The summed E-state index contributed by atoms with van der Waals surface area (Å²) in [6.45, 7) is 0. The highest BCUT2D eigenvalue weighted by molar-refractivity contribution is 5.60. The number of methoxy groups -OCH3 is 1. The predicted molar refractivity (Wildman–Crippen MR) is 59.4 cm³/mol. The van der Waals surface area contributed by atoms with Crippen molar-refractivity contribution in [3.63, 3.8) is 0 Å². The summed E-state index contributed by atoms with van der Waals surface area (Å²) in [6.07, 6.45) is 7.50. The van der Waals surface area contributed by atoms with Gasteiger partial charge >= 0.3 is 0 Å². The van der Waals surface area contributed by atoms with Gasteiger partial charge in [-0.3, -0.25) is 0 Å². The second-order valence-corrected chi connectivity index (χ2v) is 3.75. The molecular formula is C13H16O. The van der Waals surface area contributed by atoms with Gasteiger partial charge in [0.05, 0.1) is 7.11 Å². The molecule has 1 fully saturated rings. The van der Waals surface area contributed by atoms with Gasteiger partial charge in [-0.05, 0) is 31.7 Å². The molecule has 0 heterocycles. The SMILES string of the molecule is COc1ccccc1C=C1CCCC1. The zero-order valence-electron chi connectivity index (χ0n) is 8.62. The first kappa shape index (κ1) is 9.32. The molecule has 0 bridgehead atoms. The van der Waals surface area contributed by atoms with Crippen molar-refractivity contribution in [2.45, 2.75) is 25.7 Å². The van der Waals surface area contributed by atoms with Crippen molar-refractivity contribution in [1.29, 1.82) is 0 Å². The van der Waals surface area contributed by atoms with E-state index in [1.165, 1.54) is 31.2 Å². The highest BCUT2D eigenvalue weighted by Gasteiger charge is 2.07. The van der Waals surface area contributed by atoms with Gasteiger partial charge in [-0.2, -0.15) is 0 Å². The number of para-hydroxylation sites is 1. The third-order valence-corrected chi connectivity index (χ3v) is 2.74. The molecule has 1 saturated carbocycles. The van der Waals surface area contributed by atoms with Crippen molar-refractivity contribution < 1.29 is 4.74 Å². The lowest BCUT2D eigenvalue weighted by atomic mass is 10.1. The lowest BCUT2D eigenvalue weighted by Gasteiger charge is -2.04. The van der Waals surface area contributed by atoms with E-state index in [1.807, 2.05) is 12.1 Å². The Hall–Kier alpha value is -1.24. The second-order valence-electron chi connectivity index (χ2n) is 3.75. The van der Waals surface area contributed by atoms with E-state index in [9.17, 15) is 0 Å². The van der Waals surface area contributed by atoms with Gasteiger partial charge in [0.2, 0.25) is 0 Å². The van der Waals surface area contributed by atoms with Gasteiger partial charge in [-0.15, -0.1) is 0 Å². The minimum Gasteiger partial charge on any atom is -0.496 e. The summed E-state index contributed by atoms with van der Waals surface area (Å²) < 4.78 is 5.31. The third kappa shape index (κ3) is 1.98. The molecule has 1 nitrogen and oxygen atoms in total. The zero-order chi connectivity index (χ0) is 9.80. The maximum atomic E-state index is 5.31. The quantitative estimate of drug-likeness (QED) is 0.688. The highest BCUT2D eigenvalue weighted by atomic mass is 16.5. The molecule has 1 aromatic carbocycles. The van der Waals surface area contributed by atoms with Gasteiger partial charge in [-0.25, -0.2) is 0 Å².